The fraction of sp³-hybridized carbons (Fsp3) is 0.600. The van der Waals surface area contributed by atoms with E-state index in [0.29, 0.717) is 5.92 Å². The maximum atomic E-state index is 5.81. The minimum absolute atomic E-state index is 0.0589. The van der Waals surface area contributed by atoms with Crippen LogP contribution in [0.1, 0.15) is 37.2 Å². The van der Waals surface area contributed by atoms with E-state index in [-0.39, 0.29) is 10.4 Å². The zero-order chi connectivity index (χ0) is 12.4. The van der Waals surface area contributed by atoms with Crippen LogP contribution in [0.25, 0.3) is 0 Å². The Morgan fingerprint density at radius 1 is 1.00 bits per heavy atom. The van der Waals surface area contributed by atoms with E-state index in [1.54, 1.807) is 0 Å². The van der Waals surface area contributed by atoms with Gasteiger partial charge in [-0.1, -0.05) is 30.3 Å². The van der Waals surface area contributed by atoms with Crippen LogP contribution >= 0.6 is 22.6 Å². The average molecular weight is 358 g/mol. The molecule has 0 aromatic heterocycles. The van der Waals surface area contributed by atoms with Crippen molar-refractivity contribution in [2.45, 2.75) is 42.0 Å². The highest BCUT2D eigenvalue weighted by atomic mass is 127. The van der Waals surface area contributed by atoms with Gasteiger partial charge in [0.05, 0.1) is 6.61 Å². The molecule has 1 saturated carbocycles. The first-order valence-corrected chi connectivity index (χ1v) is 8.03. The van der Waals surface area contributed by atoms with Crippen molar-refractivity contribution in [2.24, 2.45) is 5.92 Å². The Labute approximate surface area is 122 Å². The quantitative estimate of drug-likeness (QED) is 0.586. The highest BCUT2D eigenvalue weighted by molar-refractivity contribution is 14.1. The Bertz CT molecular complexity index is 373. The molecular formula is C15H19IO2. The predicted octanol–water partition coefficient (Wildman–Crippen LogP) is 4.09. The third-order valence-corrected chi connectivity index (χ3v) is 4.75. The van der Waals surface area contributed by atoms with Gasteiger partial charge in [0.2, 0.25) is 0 Å². The third-order valence-electron chi connectivity index (χ3n) is 4.10. The molecule has 1 aromatic carbocycles. The van der Waals surface area contributed by atoms with Gasteiger partial charge in [-0.15, -0.1) is 0 Å². The van der Waals surface area contributed by atoms with Gasteiger partial charge in [0.25, 0.3) is 0 Å². The molecule has 0 spiro atoms. The van der Waals surface area contributed by atoms with Crippen LogP contribution in [-0.2, 0) is 9.47 Å². The number of hydrogen-bond donors (Lipinski definition) is 0. The number of rotatable bonds is 2. The van der Waals surface area contributed by atoms with E-state index in [2.05, 4.69) is 52.9 Å². The van der Waals surface area contributed by atoms with Gasteiger partial charge in [0.1, 0.15) is 4.11 Å². The number of ether oxygens (including phenoxy) is 2. The van der Waals surface area contributed by atoms with E-state index in [9.17, 15) is 0 Å². The van der Waals surface area contributed by atoms with E-state index in [1.807, 2.05) is 0 Å². The van der Waals surface area contributed by atoms with Gasteiger partial charge < -0.3 is 9.47 Å². The first-order chi connectivity index (χ1) is 8.83. The van der Waals surface area contributed by atoms with Crippen molar-refractivity contribution in [2.75, 3.05) is 6.61 Å². The standard InChI is InChI=1S/C15H19IO2/c16-14-10-17-15(18-14)13-8-6-12(7-9-13)11-4-2-1-3-5-11/h1-5,12-15H,6-10H2. The van der Waals surface area contributed by atoms with E-state index < -0.39 is 0 Å². The number of alkyl halides is 1. The van der Waals surface area contributed by atoms with Crippen LogP contribution in [0.2, 0.25) is 0 Å². The van der Waals surface area contributed by atoms with Gasteiger partial charge in [-0.05, 0) is 59.8 Å². The van der Waals surface area contributed by atoms with Crippen molar-refractivity contribution >= 4 is 22.6 Å². The summed E-state index contributed by atoms with van der Waals surface area (Å²) in [5.41, 5.74) is 1.50. The molecular weight excluding hydrogens is 339 g/mol. The van der Waals surface area contributed by atoms with Crippen molar-refractivity contribution in [3.63, 3.8) is 0 Å². The maximum Gasteiger partial charge on any atom is 0.162 e. The van der Waals surface area contributed by atoms with Crippen LogP contribution in [0.3, 0.4) is 0 Å². The molecule has 0 N–H and O–H groups in total. The van der Waals surface area contributed by atoms with Crippen LogP contribution in [0.15, 0.2) is 30.3 Å². The molecule has 1 aliphatic carbocycles. The molecule has 2 unspecified atom stereocenters. The summed E-state index contributed by atoms with van der Waals surface area (Å²) in [6.45, 7) is 0.754. The lowest BCUT2D eigenvalue weighted by Crippen LogP contribution is -2.26. The Hall–Kier alpha value is -0.130. The van der Waals surface area contributed by atoms with Gasteiger partial charge in [-0.25, -0.2) is 0 Å². The minimum atomic E-state index is 0.0589. The smallest absolute Gasteiger partial charge is 0.162 e. The molecule has 2 aliphatic rings. The maximum absolute atomic E-state index is 5.81. The number of hydrogen-bond acceptors (Lipinski definition) is 2. The van der Waals surface area contributed by atoms with Crippen molar-refractivity contribution in [1.82, 2.24) is 0 Å². The van der Waals surface area contributed by atoms with Crippen molar-refractivity contribution < 1.29 is 9.47 Å². The first kappa shape index (κ1) is 12.9. The lowest BCUT2D eigenvalue weighted by Gasteiger charge is -2.31. The highest BCUT2D eigenvalue weighted by Crippen LogP contribution is 2.39. The van der Waals surface area contributed by atoms with Gasteiger partial charge in [0, 0.05) is 5.92 Å². The summed E-state index contributed by atoms with van der Waals surface area (Å²) < 4.78 is 11.8. The fourth-order valence-corrected chi connectivity index (χ4v) is 3.59. The molecule has 3 heteroatoms. The Kier molecular flexibility index (Phi) is 4.21. The molecule has 0 amide bonds. The summed E-state index contributed by atoms with van der Waals surface area (Å²) in [6, 6.07) is 10.9. The van der Waals surface area contributed by atoms with Crippen LogP contribution in [0.4, 0.5) is 0 Å². The molecule has 1 aliphatic heterocycles. The van der Waals surface area contributed by atoms with Crippen molar-refractivity contribution in [3.05, 3.63) is 35.9 Å². The average Bonchev–Trinajstić information content (AvgIpc) is 2.87. The molecule has 98 valence electrons. The third kappa shape index (κ3) is 2.89. The molecule has 1 saturated heterocycles. The molecule has 18 heavy (non-hydrogen) atoms. The largest absolute Gasteiger partial charge is 0.349 e. The summed E-state index contributed by atoms with van der Waals surface area (Å²) in [5, 5.41) is 0. The molecule has 1 aromatic rings. The zero-order valence-electron chi connectivity index (χ0n) is 10.4. The van der Waals surface area contributed by atoms with Crippen LogP contribution in [0.5, 0.6) is 0 Å². The molecule has 2 fully saturated rings. The lowest BCUT2D eigenvalue weighted by atomic mass is 9.78. The molecule has 3 rings (SSSR count). The molecule has 2 nitrogen and oxygen atoms in total. The molecule has 2 atom stereocenters. The van der Waals surface area contributed by atoms with E-state index in [4.69, 9.17) is 9.47 Å². The number of benzene rings is 1. The second-order valence-electron chi connectivity index (χ2n) is 5.27. The summed E-state index contributed by atoms with van der Waals surface area (Å²) in [4.78, 5) is 0. The van der Waals surface area contributed by atoms with Gasteiger partial charge >= 0.3 is 0 Å². The van der Waals surface area contributed by atoms with Gasteiger partial charge in [0.15, 0.2) is 6.29 Å². The minimum Gasteiger partial charge on any atom is -0.349 e. The highest BCUT2D eigenvalue weighted by Gasteiger charge is 2.34. The number of halogens is 1. The van der Waals surface area contributed by atoms with E-state index >= 15 is 0 Å². The van der Waals surface area contributed by atoms with Crippen LogP contribution < -0.4 is 0 Å². The topological polar surface area (TPSA) is 18.5 Å². The van der Waals surface area contributed by atoms with E-state index in [1.165, 1.54) is 31.2 Å². The molecule has 0 bridgehead atoms. The Morgan fingerprint density at radius 2 is 1.72 bits per heavy atom. The summed E-state index contributed by atoms with van der Waals surface area (Å²) >= 11 is 2.31. The lowest BCUT2D eigenvalue weighted by molar-refractivity contribution is -0.0950. The summed E-state index contributed by atoms with van der Waals surface area (Å²) in [6.07, 6.45) is 5.05. The van der Waals surface area contributed by atoms with Crippen molar-refractivity contribution in [1.29, 1.82) is 0 Å². The SMILES string of the molecule is IC1COC(C2CCC(c3ccccc3)CC2)O1. The van der Waals surface area contributed by atoms with Crippen LogP contribution in [0, 0.1) is 5.92 Å². The Balaban J connectivity index is 1.55. The van der Waals surface area contributed by atoms with Gasteiger partial charge in [-0.2, -0.15) is 0 Å². The molecule has 0 radical (unpaired) electrons. The Morgan fingerprint density at radius 3 is 2.33 bits per heavy atom. The second kappa shape index (κ2) is 5.88. The predicted molar refractivity (Wildman–Crippen MR) is 79.8 cm³/mol. The van der Waals surface area contributed by atoms with Gasteiger partial charge in [-0.3, -0.25) is 0 Å². The van der Waals surface area contributed by atoms with Crippen LogP contribution in [-0.4, -0.2) is 17.0 Å². The normalized spacial score (nSPS) is 36.7. The summed E-state index contributed by atoms with van der Waals surface area (Å²) in [7, 11) is 0. The fourth-order valence-electron chi connectivity index (χ4n) is 3.09. The molecule has 1 heterocycles. The second-order valence-corrected chi connectivity index (χ2v) is 6.66. The zero-order valence-corrected chi connectivity index (χ0v) is 12.6. The van der Waals surface area contributed by atoms with E-state index in [0.717, 1.165) is 12.5 Å². The monoisotopic (exact) mass is 358 g/mol. The van der Waals surface area contributed by atoms with Crippen molar-refractivity contribution in [3.8, 4) is 0 Å². The summed E-state index contributed by atoms with van der Waals surface area (Å²) in [5.74, 6) is 1.34. The first-order valence-electron chi connectivity index (χ1n) is 6.79.